The van der Waals surface area contributed by atoms with Crippen LogP contribution in [0.2, 0.25) is 5.02 Å². The molecule has 4 aromatic rings. The van der Waals surface area contributed by atoms with Gasteiger partial charge in [0, 0.05) is 21.6 Å². The van der Waals surface area contributed by atoms with Crippen molar-refractivity contribution in [1.82, 2.24) is 4.98 Å². The van der Waals surface area contributed by atoms with Crippen molar-refractivity contribution in [2.45, 2.75) is 6.92 Å². The van der Waals surface area contributed by atoms with Gasteiger partial charge in [-0.1, -0.05) is 11.6 Å². The third-order valence-electron chi connectivity index (χ3n) is 4.40. The highest BCUT2D eigenvalue weighted by molar-refractivity contribution is 6.31. The molecule has 0 unspecified atom stereocenters. The molecule has 0 spiro atoms. The van der Waals surface area contributed by atoms with Crippen LogP contribution in [0.25, 0.3) is 10.9 Å². The number of nitrogens with one attached hydrogen (secondary N) is 3. The van der Waals surface area contributed by atoms with E-state index < -0.39 is 17.6 Å². The van der Waals surface area contributed by atoms with Crippen molar-refractivity contribution in [3.63, 3.8) is 0 Å². The molecule has 2 amide bonds. The van der Waals surface area contributed by atoms with Crippen molar-refractivity contribution in [2.24, 2.45) is 0 Å². The molecule has 0 aliphatic carbocycles. The number of aryl methyl sites for hydroxylation is 1. The third-order valence-corrected chi connectivity index (χ3v) is 4.64. The SMILES string of the molecule is Cc1occc1C(=O)Nc1cc(NC(=O)c2cc3cc(Cl)ccc3[nH]2)ccc1F. The van der Waals surface area contributed by atoms with Crippen molar-refractivity contribution in [3.05, 3.63) is 82.7 Å². The number of furan rings is 1. The van der Waals surface area contributed by atoms with Crippen LogP contribution in [0.15, 0.2) is 59.2 Å². The number of carbonyl (C=O) groups is 2. The van der Waals surface area contributed by atoms with Crippen molar-refractivity contribution in [2.75, 3.05) is 10.6 Å². The Kier molecular flexibility index (Phi) is 4.82. The molecule has 0 fully saturated rings. The number of amides is 2. The molecule has 146 valence electrons. The Hall–Kier alpha value is -3.58. The van der Waals surface area contributed by atoms with Crippen molar-refractivity contribution < 1.29 is 18.4 Å². The Balaban J connectivity index is 1.54. The van der Waals surface area contributed by atoms with Gasteiger partial charge in [0.05, 0.1) is 17.5 Å². The Morgan fingerprint density at radius 2 is 1.86 bits per heavy atom. The van der Waals surface area contributed by atoms with Crippen molar-refractivity contribution >= 4 is 45.7 Å². The molecule has 0 saturated carbocycles. The summed E-state index contributed by atoms with van der Waals surface area (Å²) in [4.78, 5) is 27.8. The summed E-state index contributed by atoms with van der Waals surface area (Å²) in [5, 5.41) is 6.53. The number of benzene rings is 2. The standard InChI is InChI=1S/C21H15ClFN3O3/c1-11-15(6-7-29-11)20(27)26-18-10-14(3-4-16(18)23)24-21(28)19-9-12-8-13(22)2-5-17(12)25-19/h2-10,25H,1H3,(H,24,28)(H,26,27). The summed E-state index contributed by atoms with van der Waals surface area (Å²) in [7, 11) is 0. The second-order valence-electron chi connectivity index (χ2n) is 6.41. The molecule has 0 atom stereocenters. The van der Waals surface area contributed by atoms with Gasteiger partial charge in [0.15, 0.2) is 0 Å². The topological polar surface area (TPSA) is 87.1 Å². The Morgan fingerprint density at radius 1 is 1.03 bits per heavy atom. The van der Waals surface area contributed by atoms with Crippen LogP contribution in [-0.2, 0) is 0 Å². The van der Waals surface area contributed by atoms with Gasteiger partial charge in [-0.3, -0.25) is 9.59 Å². The molecule has 2 aromatic carbocycles. The number of rotatable bonds is 4. The maximum Gasteiger partial charge on any atom is 0.272 e. The van der Waals surface area contributed by atoms with Gasteiger partial charge >= 0.3 is 0 Å². The first-order valence-corrected chi connectivity index (χ1v) is 9.03. The monoisotopic (exact) mass is 411 g/mol. The van der Waals surface area contributed by atoms with Crippen LogP contribution in [0, 0.1) is 12.7 Å². The zero-order valence-corrected chi connectivity index (χ0v) is 15.9. The van der Waals surface area contributed by atoms with Gasteiger partial charge in [-0.2, -0.15) is 0 Å². The fourth-order valence-electron chi connectivity index (χ4n) is 2.93. The zero-order chi connectivity index (χ0) is 20.5. The maximum absolute atomic E-state index is 14.1. The molecular formula is C21H15ClFN3O3. The third kappa shape index (κ3) is 3.86. The molecule has 0 bridgehead atoms. The van der Waals surface area contributed by atoms with E-state index in [1.807, 2.05) is 0 Å². The number of anilines is 2. The lowest BCUT2D eigenvalue weighted by Crippen LogP contribution is -2.15. The molecule has 4 rings (SSSR count). The maximum atomic E-state index is 14.1. The molecule has 8 heteroatoms. The number of carbonyl (C=O) groups excluding carboxylic acids is 2. The summed E-state index contributed by atoms with van der Waals surface area (Å²) >= 11 is 5.97. The summed E-state index contributed by atoms with van der Waals surface area (Å²) in [6.07, 6.45) is 1.38. The predicted octanol–water partition coefficient (Wildman–Crippen LogP) is 5.37. The zero-order valence-electron chi connectivity index (χ0n) is 15.2. The van der Waals surface area contributed by atoms with E-state index in [9.17, 15) is 14.0 Å². The molecule has 0 aliphatic rings. The number of aromatic amines is 1. The van der Waals surface area contributed by atoms with Gasteiger partial charge in [-0.25, -0.2) is 4.39 Å². The van der Waals surface area contributed by atoms with Crippen LogP contribution in [0.5, 0.6) is 0 Å². The van der Waals surface area contributed by atoms with Gasteiger partial charge in [0.2, 0.25) is 0 Å². The first-order valence-electron chi connectivity index (χ1n) is 8.65. The molecule has 2 heterocycles. The molecule has 29 heavy (non-hydrogen) atoms. The second kappa shape index (κ2) is 7.44. The van der Waals surface area contributed by atoms with Crippen LogP contribution in [-0.4, -0.2) is 16.8 Å². The van der Waals surface area contributed by atoms with E-state index >= 15 is 0 Å². The number of halogens is 2. The largest absolute Gasteiger partial charge is 0.469 e. The molecule has 0 aliphatic heterocycles. The number of aromatic nitrogens is 1. The lowest BCUT2D eigenvalue weighted by Gasteiger charge is -2.09. The van der Waals surface area contributed by atoms with Gasteiger partial charge in [0.25, 0.3) is 11.8 Å². The highest BCUT2D eigenvalue weighted by atomic mass is 35.5. The molecule has 2 aromatic heterocycles. The van der Waals surface area contributed by atoms with E-state index in [0.717, 1.165) is 10.9 Å². The van der Waals surface area contributed by atoms with Gasteiger partial charge in [-0.05, 0) is 55.5 Å². The van der Waals surface area contributed by atoms with E-state index in [0.29, 0.717) is 27.7 Å². The number of fused-ring (bicyclic) bond motifs is 1. The van der Waals surface area contributed by atoms with Crippen LogP contribution in [0.3, 0.4) is 0 Å². The van der Waals surface area contributed by atoms with Gasteiger partial charge in [0.1, 0.15) is 17.3 Å². The smallest absolute Gasteiger partial charge is 0.272 e. The molecular weight excluding hydrogens is 397 g/mol. The van der Waals surface area contributed by atoms with E-state index in [1.54, 1.807) is 31.2 Å². The Labute approximate surface area is 169 Å². The van der Waals surface area contributed by atoms with Crippen LogP contribution >= 0.6 is 11.6 Å². The van der Waals surface area contributed by atoms with Crippen molar-refractivity contribution in [3.8, 4) is 0 Å². The molecule has 3 N–H and O–H groups in total. The molecule has 0 saturated heterocycles. The first kappa shape index (κ1) is 18.8. The van der Waals surface area contributed by atoms with E-state index in [1.165, 1.54) is 30.5 Å². The van der Waals surface area contributed by atoms with Gasteiger partial charge < -0.3 is 20.0 Å². The quantitative estimate of drug-likeness (QED) is 0.422. The summed E-state index contributed by atoms with van der Waals surface area (Å²) in [6, 6.07) is 12.3. The van der Waals surface area contributed by atoms with Crippen LogP contribution in [0.1, 0.15) is 26.6 Å². The highest BCUT2D eigenvalue weighted by Gasteiger charge is 2.15. The predicted molar refractivity (Wildman–Crippen MR) is 109 cm³/mol. The minimum absolute atomic E-state index is 0.0585. The summed E-state index contributed by atoms with van der Waals surface area (Å²) in [5.74, 6) is -1.12. The average molecular weight is 412 g/mol. The Morgan fingerprint density at radius 3 is 2.62 bits per heavy atom. The highest BCUT2D eigenvalue weighted by Crippen LogP contribution is 2.23. The van der Waals surface area contributed by atoms with Gasteiger partial charge in [-0.15, -0.1) is 0 Å². The molecule has 6 nitrogen and oxygen atoms in total. The van der Waals surface area contributed by atoms with Crippen LogP contribution < -0.4 is 10.6 Å². The Bertz CT molecular complexity index is 1250. The lowest BCUT2D eigenvalue weighted by atomic mass is 10.2. The number of hydrogen-bond acceptors (Lipinski definition) is 3. The number of hydrogen-bond donors (Lipinski definition) is 3. The fraction of sp³-hybridized carbons (Fsp3) is 0.0476. The van der Waals surface area contributed by atoms with E-state index in [4.69, 9.17) is 16.0 Å². The summed E-state index contributed by atoms with van der Waals surface area (Å²) < 4.78 is 19.2. The fourth-order valence-corrected chi connectivity index (χ4v) is 3.11. The van der Waals surface area contributed by atoms with E-state index in [-0.39, 0.29) is 5.69 Å². The molecule has 0 radical (unpaired) electrons. The lowest BCUT2D eigenvalue weighted by molar-refractivity contribution is 0.101. The normalized spacial score (nSPS) is 10.9. The summed E-state index contributed by atoms with van der Waals surface area (Å²) in [5.41, 5.74) is 1.66. The van der Waals surface area contributed by atoms with Crippen LogP contribution in [0.4, 0.5) is 15.8 Å². The number of H-pyrrole nitrogens is 1. The van der Waals surface area contributed by atoms with Crippen molar-refractivity contribution in [1.29, 1.82) is 0 Å². The minimum Gasteiger partial charge on any atom is -0.469 e. The minimum atomic E-state index is -0.627. The average Bonchev–Trinajstić information content (AvgIpc) is 3.30. The summed E-state index contributed by atoms with van der Waals surface area (Å²) in [6.45, 7) is 1.63. The van der Waals surface area contributed by atoms with E-state index in [2.05, 4.69) is 15.6 Å². The second-order valence-corrected chi connectivity index (χ2v) is 6.84. The first-order chi connectivity index (χ1) is 13.9.